The van der Waals surface area contributed by atoms with E-state index in [-0.39, 0.29) is 0 Å². The number of hydrogen-bond acceptors (Lipinski definition) is 3. The number of rotatable bonds is 3. The predicted molar refractivity (Wildman–Crippen MR) is 73.5 cm³/mol. The average Bonchev–Trinajstić information content (AvgIpc) is 2.52. The highest BCUT2D eigenvalue weighted by atomic mass is 32.2. The number of thioether (sulfide) groups is 1. The molecule has 0 spiro atoms. The molecular formula is C13H23N3S. The summed E-state index contributed by atoms with van der Waals surface area (Å²) >= 11 is 2.00. The molecule has 0 saturated heterocycles. The van der Waals surface area contributed by atoms with Gasteiger partial charge in [0.05, 0.1) is 10.7 Å². The van der Waals surface area contributed by atoms with Crippen LogP contribution in [0.5, 0.6) is 0 Å². The summed E-state index contributed by atoms with van der Waals surface area (Å²) in [7, 11) is 4.14. The minimum atomic E-state index is 0.651. The Kier molecular flexibility index (Phi) is 4.51. The van der Waals surface area contributed by atoms with Crippen LogP contribution in [0.15, 0.2) is 11.1 Å². The quantitative estimate of drug-likeness (QED) is 0.840. The SMILES string of the molecule is CNC1CCCCCC1Sc1cc(C)nn1C. The third kappa shape index (κ3) is 3.26. The summed E-state index contributed by atoms with van der Waals surface area (Å²) in [4.78, 5) is 0. The molecule has 0 aromatic carbocycles. The molecule has 0 amide bonds. The summed E-state index contributed by atoms with van der Waals surface area (Å²) in [5.41, 5.74) is 1.12. The van der Waals surface area contributed by atoms with Crippen LogP contribution in [0.1, 0.15) is 37.8 Å². The standard InChI is InChI=1S/C13H23N3S/c1-10-9-13(16(3)15-10)17-12-8-6-4-5-7-11(12)14-2/h9,11-12,14H,4-8H2,1-3H3. The largest absolute Gasteiger partial charge is 0.316 e. The van der Waals surface area contributed by atoms with E-state index in [2.05, 4.69) is 30.5 Å². The predicted octanol–water partition coefficient (Wildman–Crippen LogP) is 2.74. The van der Waals surface area contributed by atoms with Gasteiger partial charge in [-0.05, 0) is 32.9 Å². The monoisotopic (exact) mass is 253 g/mol. The minimum Gasteiger partial charge on any atom is -0.316 e. The zero-order valence-electron chi connectivity index (χ0n) is 11.1. The Labute approximate surface area is 108 Å². The molecule has 1 heterocycles. The molecule has 2 unspecified atom stereocenters. The van der Waals surface area contributed by atoms with Crippen molar-refractivity contribution in [2.75, 3.05) is 7.05 Å². The second kappa shape index (κ2) is 5.91. The summed E-state index contributed by atoms with van der Waals surface area (Å²) in [6.07, 6.45) is 6.75. The van der Waals surface area contributed by atoms with Crippen molar-refractivity contribution in [2.45, 2.75) is 55.3 Å². The lowest BCUT2D eigenvalue weighted by Gasteiger charge is -2.23. The van der Waals surface area contributed by atoms with Gasteiger partial charge in [0.25, 0.3) is 0 Å². The van der Waals surface area contributed by atoms with Gasteiger partial charge >= 0.3 is 0 Å². The molecule has 1 aliphatic carbocycles. The molecule has 0 bridgehead atoms. The van der Waals surface area contributed by atoms with Crippen molar-refractivity contribution in [3.05, 3.63) is 11.8 Å². The number of hydrogen-bond donors (Lipinski definition) is 1. The molecule has 17 heavy (non-hydrogen) atoms. The maximum atomic E-state index is 4.43. The fourth-order valence-electron chi connectivity index (χ4n) is 2.60. The topological polar surface area (TPSA) is 29.9 Å². The van der Waals surface area contributed by atoms with E-state index in [4.69, 9.17) is 0 Å². The van der Waals surface area contributed by atoms with Crippen LogP contribution in [0.25, 0.3) is 0 Å². The summed E-state index contributed by atoms with van der Waals surface area (Å²) in [6.45, 7) is 2.06. The van der Waals surface area contributed by atoms with E-state index < -0.39 is 0 Å². The lowest BCUT2D eigenvalue weighted by molar-refractivity contribution is 0.509. The molecule has 3 nitrogen and oxygen atoms in total. The van der Waals surface area contributed by atoms with Crippen LogP contribution in [0, 0.1) is 6.92 Å². The molecule has 1 N–H and O–H groups in total. The highest BCUT2D eigenvalue weighted by Gasteiger charge is 2.24. The normalized spacial score (nSPS) is 25.8. The maximum Gasteiger partial charge on any atom is 0.0942 e. The Morgan fingerprint density at radius 2 is 2.12 bits per heavy atom. The fourth-order valence-corrected chi connectivity index (χ4v) is 4.06. The second-order valence-electron chi connectivity index (χ2n) is 4.94. The number of aromatic nitrogens is 2. The first-order valence-electron chi connectivity index (χ1n) is 6.55. The molecular weight excluding hydrogens is 230 g/mol. The Balaban J connectivity index is 2.06. The van der Waals surface area contributed by atoms with Gasteiger partial charge in [0.15, 0.2) is 0 Å². The summed E-state index contributed by atoms with van der Waals surface area (Å²) in [5.74, 6) is 0. The van der Waals surface area contributed by atoms with Gasteiger partial charge in [0, 0.05) is 18.3 Å². The van der Waals surface area contributed by atoms with Crippen LogP contribution in [-0.2, 0) is 7.05 Å². The Morgan fingerprint density at radius 3 is 2.76 bits per heavy atom. The number of nitrogens with one attached hydrogen (secondary N) is 1. The van der Waals surface area contributed by atoms with Gasteiger partial charge < -0.3 is 5.32 Å². The maximum absolute atomic E-state index is 4.43. The van der Waals surface area contributed by atoms with Crippen molar-refractivity contribution in [3.8, 4) is 0 Å². The zero-order chi connectivity index (χ0) is 12.3. The van der Waals surface area contributed by atoms with E-state index in [1.807, 2.05) is 23.5 Å². The van der Waals surface area contributed by atoms with Crippen LogP contribution < -0.4 is 5.32 Å². The van der Waals surface area contributed by atoms with E-state index >= 15 is 0 Å². The minimum absolute atomic E-state index is 0.651. The molecule has 0 aliphatic heterocycles. The van der Waals surface area contributed by atoms with E-state index in [0.29, 0.717) is 11.3 Å². The van der Waals surface area contributed by atoms with Crippen molar-refractivity contribution < 1.29 is 0 Å². The van der Waals surface area contributed by atoms with E-state index in [1.165, 1.54) is 37.1 Å². The smallest absolute Gasteiger partial charge is 0.0942 e. The first-order valence-corrected chi connectivity index (χ1v) is 7.43. The van der Waals surface area contributed by atoms with Crippen molar-refractivity contribution in [1.82, 2.24) is 15.1 Å². The molecule has 96 valence electrons. The van der Waals surface area contributed by atoms with Crippen LogP contribution in [0.4, 0.5) is 0 Å². The Morgan fingerprint density at radius 1 is 1.35 bits per heavy atom. The van der Waals surface area contributed by atoms with E-state index in [9.17, 15) is 0 Å². The van der Waals surface area contributed by atoms with Crippen LogP contribution in [0.2, 0.25) is 0 Å². The Bertz CT molecular complexity index is 362. The molecule has 1 aromatic heterocycles. The molecule has 1 saturated carbocycles. The highest BCUT2D eigenvalue weighted by Crippen LogP contribution is 2.33. The van der Waals surface area contributed by atoms with Gasteiger partial charge in [-0.3, -0.25) is 4.68 Å². The van der Waals surface area contributed by atoms with Gasteiger partial charge in [-0.25, -0.2) is 0 Å². The van der Waals surface area contributed by atoms with Crippen LogP contribution >= 0.6 is 11.8 Å². The van der Waals surface area contributed by atoms with E-state index in [0.717, 1.165) is 5.69 Å². The molecule has 1 aliphatic rings. The summed E-state index contributed by atoms with van der Waals surface area (Å²) in [5, 5.41) is 9.91. The van der Waals surface area contributed by atoms with Gasteiger partial charge in [0.1, 0.15) is 0 Å². The van der Waals surface area contributed by atoms with Gasteiger partial charge in [0.2, 0.25) is 0 Å². The molecule has 0 radical (unpaired) electrons. The van der Waals surface area contributed by atoms with Crippen LogP contribution in [-0.4, -0.2) is 28.1 Å². The third-order valence-electron chi connectivity index (χ3n) is 3.55. The molecule has 2 rings (SSSR count). The summed E-state index contributed by atoms with van der Waals surface area (Å²) < 4.78 is 2.01. The van der Waals surface area contributed by atoms with Gasteiger partial charge in [-0.1, -0.05) is 19.3 Å². The van der Waals surface area contributed by atoms with Crippen molar-refractivity contribution >= 4 is 11.8 Å². The third-order valence-corrected chi connectivity index (χ3v) is 5.05. The fraction of sp³-hybridized carbons (Fsp3) is 0.769. The van der Waals surface area contributed by atoms with Crippen molar-refractivity contribution in [2.24, 2.45) is 7.05 Å². The molecule has 1 fully saturated rings. The lowest BCUT2D eigenvalue weighted by atomic mass is 10.1. The van der Waals surface area contributed by atoms with Crippen molar-refractivity contribution in [3.63, 3.8) is 0 Å². The molecule has 1 aromatic rings. The Hall–Kier alpha value is -0.480. The van der Waals surface area contributed by atoms with Crippen molar-refractivity contribution in [1.29, 1.82) is 0 Å². The van der Waals surface area contributed by atoms with Crippen LogP contribution in [0.3, 0.4) is 0 Å². The van der Waals surface area contributed by atoms with E-state index in [1.54, 1.807) is 0 Å². The number of nitrogens with zero attached hydrogens (tertiary/aromatic N) is 2. The van der Waals surface area contributed by atoms with Gasteiger partial charge in [-0.15, -0.1) is 11.8 Å². The first kappa shape index (κ1) is 13.0. The average molecular weight is 253 g/mol. The summed E-state index contributed by atoms with van der Waals surface area (Å²) in [6, 6.07) is 2.85. The molecule has 2 atom stereocenters. The highest BCUT2D eigenvalue weighted by molar-refractivity contribution is 7.99. The van der Waals surface area contributed by atoms with Gasteiger partial charge in [-0.2, -0.15) is 5.10 Å². The zero-order valence-corrected chi connectivity index (χ0v) is 11.9. The number of aryl methyl sites for hydroxylation is 2. The lowest BCUT2D eigenvalue weighted by Crippen LogP contribution is -2.34. The second-order valence-corrected chi connectivity index (χ2v) is 6.20. The molecule has 4 heteroatoms. The first-order chi connectivity index (χ1) is 8.20.